The molecule has 0 unspecified atom stereocenters. The van der Waals surface area contributed by atoms with Crippen LogP contribution in [0.4, 0.5) is 0 Å². The van der Waals surface area contributed by atoms with E-state index >= 15 is 0 Å². The summed E-state index contributed by atoms with van der Waals surface area (Å²) in [6.07, 6.45) is 0. The number of halogens is 3. The van der Waals surface area contributed by atoms with Gasteiger partial charge in [0.05, 0.1) is 17.2 Å². The topological polar surface area (TPSA) is 59.2 Å². The van der Waals surface area contributed by atoms with Gasteiger partial charge in [0, 0.05) is 16.1 Å². The summed E-state index contributed by atoms with van der Waals surface area (Å²) < 4.78 is 4.52. The molecule has 0 amide bonds. The highest BCUT2D eigenvalue weighted by Gasteiger charge is 2.15. The van der Waals surface area contributed by atoms with Crippen molar-refractivity contribution >= 4 is 40.8 Å². The molecule has 1 N–H and O–H groups in total. The lowest BCUT2D eigenvalue weighted by molar-refractivity contribution is 0.0594. The Morgan fingerprint density at radius 1 is 1.15 bits per heavy atom. The molecule has 1 aromatic heterocycles. The van der Waals surface area contributed by atoms with Crippen LogP contribution in [-0.2, 0) is 4.74 Å². The van der Waals surface area contributed by atoms with Crippen LogP contribution in [0.1, 0.15) is 10.5 Å². The molecule has 20 heavy (non-hydrogen) atoms. The smallest absolute Gasteiger partial charge is 0.354 e. The molecule has 0 bridgehead atoms. The van der Waals surface area contributed by atoms with Gasteiger partial charge in [0.15, 0.2) is 0 Å². The molecule has 0 fully saturated rings. The average molecular weight is 333 g/mol. The quantitative estimate of drug-likeness (QED) is 0.851. The van der Waals surface area contributed by atoms with Crippen LogP contribution in [0, 0.1) is 0 Å². The van der Waals surface area contributed by atoms with E-state index in [1.54, 1.807) is 0 Å². The lowest BCUT2D eigenvalue weighted by Crippen LogP contribution is -2.15. The minimum atomic E-state index is -0.637. The van der Waals surface area contributed by atoms with Gasteiger partial charge in [0.1, 0.15) is 5.69 Å². The van der Waals surface area contributed by atoms with Gasteiger partial charge >= 0.3 is 5.97 Å². The van der Waals surface area contributed by atoms with E-state index in [9.17, 15) is 9.59 Å². The van der Waals surface area contributed by atoms with Crippen molar-refractivity contribution in [1.29, 1.82) is 0 Å². The molecule has 1 aromatic carbocycles. The number of pyridine rings is 1. The van der Waals surface area contributed by atoms with Gasteiger partial charge in [-0.05, 0) is 24.3 Å². The number of benzene rings is 1. The maximum absolute atomic E-state index is 12.0. The number of methoxy groups -OCH3 is 1. The van der Waals surface area contributed by atoms with Crippen LogP contribution >= 0.6 is 34.8 Å². The largest absolute Gasteiger partial charge is 0.464 e. The summed E-state index contributed by atoms with van der Waals surface area (Å²) in [5.74, 6) is -0.637. The molecule has 0 spiro atoms. The molecule has 104 valence electrons. The van der Waals surface area contributed by atoms with Gasteiger partial charge in [0.2, 0.25) is 0 Å². The third-order valence-corrected chi connectivity index (χ3v) is 3.41. The molecule has 0 aliphatic rings. The normalized spacial score (nSPS) is 10.4. The molecule has 7 heteroatoms. The van der Waals surface area contributed by atoms with Crippen molar-refractivity contribution in [3.8, 4) is 11.1 Å². The molecule has 0 saturated carbocycles. The number of nitrogens with one attached hydrogen (secondary N) is 1. The summed E-state index contributed by atoms with van der Waals surface area (Å²) in [6, 6.07) is 5.84. The number of carbonyl (C=O) groups is 1. The summed E-state index contributed by atoms with van der Waals surface area (Å²) in [5.41, 5.74) is 0.140. The van der Waals surface area contributed by atoms with Gasteiger partial charge in [-0.3, -0.25) is 4.79 Å². The average Bonchev–Trinajstić information content (AvgIpc) is 2.38. The number of aromatic nitrogens is 1. The SMILES string of the molecule is COC(=O)c1ccc(-c2c(Cl)cc(Cl)cc2Cl)c(=O)[nH]1. The molecule has 0 atom stereocenters. The van der Waals surface area contributed by atoms with E-state index in [1.807, 2.05) is 0 Å². The first kappa shape index (κ1) is 14.9. The molecule has 4 nitrogen and oxygen atoms in total. The number of carbonyl (C=O) groups excluding carboxylic acids is 1. The van der Waals surface area contributed by atoms with Crippen molar-refractivity contribution in [2.45, 2.75) is 0 Å². The van der Waals surface area contributed by atoms with Crippen LogP contribution in [0.5, 0.6) is 0 Å². The molecular weight excluding hydrogens is 325 g/mol. The molecule has 0 aliphatic carbocycles. The molecule has 2 aromatic rings. The van der Waals surface area contributed by atoms with Crippen LogP contribution in [0.25, 0.3) is 11.1 Å². The first-order valence-electron chi connectivity index (χ1n) is 5.40. The fourth-order valence-electron chi connectivity index (χ4n) is 1.70. The molecule has 0 saturated heterocycles. The third kappa shape index (κ3) is 2.82. The fourth-order valence-corrected chi connectivity index (χ4v) is 2.72. The molecule has 0 radical (unpaired) electrons. The Hall–Kier alpha value is -1.49. The Morgan fingerprint density at radius 2 is 1.75 bits per heavy atom. The minimum absolute atomic E-state index is 0.0439. The van der Waals surface area contributed by atoms with Crippen molar-refractivity contribution in [1.82, 2.24) is 4.98 Å². The Balaban J connectivity index is 2.61. The van der Waals surface area contributed by atoms with Crippen molar-refractivity contribution in [2.24, 2.45) is 0 Å². The van der Waals surface area contributed by atoms with Crippen LogP contribution < -0.4 is 5.56 Å². The second-order valence-electron chi connectivity index (χ2n) is 3.85. The second-order valence-corrected chi connectivity index (χ2v) is 5.10. The number of hydrogen-bond donors (Lipinski definition) is 1. The van der Waals surface area contributed by atoms with Crippen LogP contribution in [-0.4, -0.2) is 18.1 Å². The van der Waals surface area contributed by atoms with Gasteiger partial charge in [-0.25, -0.2) is 4.79 Å². The number of hydrogen-bond acceptors (Lipinski definition) is 3. The van der Waals surface area contributed by atoms with E-state index < -0.39 is 11.5 Å². The monoisotopic (exact) mass is 331 g/mol. The maximum atomic E-state index is 12.0. The van der Waals surface area contributed by atoms with E-state index in [2.05, 4.69) is 9.72 Å². The summed E-state index contributed by atoms with van der Waals surface area (Å²) in [5, 5.41) is 0.865. The van der Waals surface area contributed by atoms with Gasteiger partial charge in [-0.2, -0.15) is 0 Å². The van der Waals surface area contributed by atoms with Crippen molar-refractivity contribution < 1.29 is 9.53 Å². The van der Waals surface area contributed by atoms with E-state index in [-0.39, 0.29) is 21.3 Å². The standard InChI is InChI=1S/C13H8Cl3NO3/c1-20-13(19)10-3-2-7(12(18)17-10)11-8(15)4-6(14)5-9(11)16/h2-5H,1H3,(H,17,18). The number of esters is 1. The van der Waals surface area contributed by atoms with Crippen LogP contribution in [0.15, 0.2) is 29.1 Å². The fraction of sp³-hybridized carbons (Fsp3) is 0.0769. The predicted molar refractivity (Wildman–Crippen MR) is 78.9 cm³/mol. The number of H-pyrrole nitrogens is 1. The van der Waals surface area contributed by atoms with E-state index in [1.165, 1.54) is 31.4 Å². The first-order valence-corrected chi connectivity index (χ1v) is 6.54. The minimum Gasteiger partial charge on any atom is -0.464 e. The Bertz CT molecular complexity index is 717. The zero-order valence-corrected chi connectivity index (χ0v) is 12.4. The Labute approximate surface area is 129 Å². The van der Waals surface area contributed by atoms with E-state index in [0.717, 1.165) is 0 Å². The van der Waals surface area contributed by atoms with Gasteiger partial charge in [0.25, 0.3) is 5.56 Å². The van der Waals surface area contributed by atoms with Gasteiger partial charge in [-0.1, -0.05) is 34.8 Å². The lowest BCUT2D eigenvalue weighted by Gasteiger charge is -2.08. The zero-order chi connectivity index (χ0) is 14.9. The van der Waals surface area contributed by atoms with Crippen LogP contribution in [0.3, 0.4) is 0 Å². The Kier molecular flexibility index (Phi) is 4.38. The van der Waals surface area contributed by atoms with Crippen molar-refractivity contribution in [3.63, 3.8) is 0 Å². The highest BCUT2D eigenvalue weighted by Crippen LogP contribution is 2.35. The predicted octanol–water partition coefficient (Wildman–Crippen LogP) is 3.79. The summed E-state index contributed by atoms with van der Waals surface area (Å²) in [7, 11) is 1.22. The van der Waals surface area contributed by atoms with Crippen molar-refractivity contribution in [3.05, 3.63) is 55.4 Å². The number of rotatable bonds is 2. The first-order chi connectivity index (χ1) is 9.43. The Morgan fingerprint density at radius 3 is 2.25 bits per heavy atom. The molecule has 0 aliphatic heterocycles. The van der Waals surface area contributed by atoms with Crippen LogP contribution in [0.2, 0.25) is 15.1 Å². The number of ether oxygens (including phenoxy) is 1. The molecular formula is C13H8Cl3NO3. The number of aromatic amines is 1. The summed E-state index contributed by atoms with van der Waals surface area (Å²) in [6.45, 7) is 0. The molecule has 1 heterocycles. The highest BCUT2D eigenvalue weighted by atomic mass is 35.5. The summed E-state index contributed by atoms with van der Waals surface area (Å²) in [4.78, 5) is 25.8. The third-order valence-electron chi connectivity index (χ3n) is 2.59. The van der Waals surface area contributed by atoms with E-state index in [4.69, 9.17) is 34.8 Å². The van der Waals surface area contributed by atoms with E-state index in [0.29, 0.717) is 10.6 Å². The zero-order valence-electron chi connectivity index (χ0n) is 10.2. The highest BCUT2D eigenvalue weighted by molar-refractivity contribution is 6.41. The lowest BCUT2D eigenvalue weighted by atomic mass is 10.1. The molecule has 2 rings (SSSR count). The second kappa shape index (κ2) is 5.87. The van der Waals surface area contributed by atoms with Gasteiger partial charge in [-0.15, -0.1) is 0 Å². The summed E-state index contributed by atoms with van der Waals surface area (Å²) >= 11 is 17.9. The van der Waals surface area contributed by atoms with Crippen molar-refractivity contribution in [2.75, 3.05) is 7.11 Å². The van der Waals surface area contributed by atoms with Gasteiger partial charge < -0.3 is 9.72 Å². The maximum Gasteiger partial charge on any atom is 0.354 e.